The molecule has 9 nitrogen and oxygen atoms in total. The van der Waals surface area contributed by atoms with E-state index in [1.54, 1.807) is 6.92 Å². The van der Waals surface area contributed by atoms with E-state index in [1.807, 2.05) is 0 Å². The van der Waals surface area contributed by atoms with E-state index < -0.39 is 34.7 Å². The van der Waals surface area contributed by atoms with Crippen LogP contribution in [0.4, 0.5) is 4.79 Å². The Hall–Kier alpha value is -1.97. The summed E-state index contributed by atoms with van der Waals surface area (Å²) in [4.78, 5) is 49.7. The van der Waals surface area contributed by atoms with Crippen LogP contribution in [0, 0.1) is 0 Å². The molecule has 1 amide bonds. The first kappa shape index (κ1) is 24.3. The summed E-state index contributed by atoms with van der Waals surface area (Å²) in [5, 5.41) is -0.173. The molecule has 0 aliphatic carbocycles. The fraction of sp³-hybridized carbons (Fsp3) is 0.800. The van der Waals surface area contributed by atoms with Crippen molar-refractivity contribution in [2.24, 2.45) is 0 Å². The molecule has 30 heavy (non-hydrogen) atoms. The van der Waals surface area contributed by atoms with Gasteiger partial charge in [-0.05, 0) is 13.3 Å². The monoisotopic (exact) mass is 445 g/mol. The Kier molecular flexibility index (Phi) is 8.01. The second-order valence-electron chi connectivity index (χ2n) is 8.16. The van der Waals surface area contributed by atoms with Crippen LogP contribution in [-0.2, 0) is 33.3 Å². The number of esters is 2. The summed E-state index contributed by atoms with van der Waals surface area (Å²) in [6.45, 7) is 8.13. The number of carbonyl (C=O) groups excluding carboxylic acids is 4. The van der Waals surface area contributed by atoms with Gasteiger partial charge < -0.3 is 23.8 Å². The van der Waals surface area contributed by atoms with E-state index in [1.165, 1.54) is 37.4 Å². The smallest absolute Gasteiger partial charge is 0.464 e. The highest BCUT2D eigenvalue weighted by Gasteiger charge is 2.62. The van der Waals surface area contributed by atoms with Gasteiger partial charge in [-0.1, -0.05) is 26.2 Å². The molecule has 2 fully saturated rings. The van der Waals surface area contributed by atoms with Crippen LogP contribution >= 0.6 is 11.8 Å². The van der Waals surface area contributed by atoms with Crippen LogP contribution in [0.5, 0.6) is 0 Å². The van der Waals surface area contributed by atoms with Gasteiger partial charge in [-0.3, -0.25) is 9.59 Å². The Morgan fingerprint density at radius 1 is 1.17 bits per heavy atom. The number of β-lactam (4-membered cyclic amide) rings is 1. The molecule has 0 N–H and O–H groups in total. The molecule has 2 aliphatic heterocycles. The summed E-state index contributed by atoms with van der Waals surface area (Å²) in [5.41, 5.74) is 0. The fourth-order valence-corrected chi connectivity index (χ4v) is 5.10. The van der Waals surface area contributed by atoms with Crippen molar-refractivity contribution in [1.82, 2.24) is 4.90 Å². The largest absolute Gasteiger partial charge is 0.511 e. The number of hydrogen-bond acceptors (Lipinski definition) is 9. The Labute approximate surface area is 181 Å². The molecule has 2 rings (SSSR count). The molecular weight excluding hydrogens is 414 g/mol. The van der Waals surface area contributed by atoms with Crippen LogP contribution in [0.1, 0.15) is 66.7 Å². The van der Waals surface area contributed by atoms with Crippen molar-refractivity contribution in [1.29, 1.82) is 0 Å². The van der Waals surface area contributed by atoms with Crippen LogP contribution < -0.4 is 0 Å². The van der Waals surface area contributed by atoms with Gasteiger partial charge in [0.05, 0.1) is 23.1 Å². The van der Waals surface area contributed by atoms with Crippen molar-refractivity contribution < 1.29 is 38.1 Å². The van der Waals surface area contributed by atoms with E-state index >= 15 is 0 Å². The maximum absolute atomic E-state index is 13.0. The third-order valence-electron chi connectivity index (χ3n) is 4.89. The number of amides is 1. The predicted molar refractivity (Wildman–Crippen MR) is 108 cm³/mol. The van der Waals surface area contributed by atoms with Crippen LogP contribution in [0.15, 0.2) is 0 Å². The highest BCUT2D eigenvalue weighted by atomic mass is 32.2. The third kappa shape index (κ3) is 6.02. The molecular formula is C20H31NO8S. The zero-order valence-electron chi connectivity index (χ0n) is 18.2. The van der Waals surface area contributed by atoms with Crippen molar-refractivity contribution in [2.75, 3.05) is 13.2 Å². The molecule has 170 valence electrons. The average Bonchev–Trinajstić information content (AvgIpc) is 2.87. The molecule has 0 saturated carbocycles. The van der Waals surface area contributed by atoms with E-state index in [0.717, 1.165) is 25.7 Å². The lowest BCUT2D eigenvalue weighted by Gasteiger charge is -2.38. The Bertz CT molecular complexity index is 682. The van der Waals surface area contributed by atoms with Crippen molar-refractivity contribution in [3.8, 4) is 0 Å². The lowest BCUT2D eigenvalue weighted by molar-refractivity contribution is -0.208. The number of unbranched alkanes of at least 4 members (excludes halogenated alkanes) is 3. The van der Waals surface area contributed by atoms with Crippen molar-refractivity contribution in [3.63, 3.8) is 0 Å². The SMILES string of the molecule is CCCCCCOC(=O)OC(C)(C)OC(=O)[C@@H]1N2C(=O)C[C@H]2S[C@@]1(C)COC(C)=O. The van der Waals surface area contributed by atoms with Gasteiger partial charge in [0.25, 0.3) is 5.79 Å². The lowest BCUT2D eigenvalue weighted by atomic mass is 9.97. The molecule has 0 aromatic rings. The lowest BCUT2D eigenvalue weighted by Crippen LogP contribution is -2.59. The average molecular weight is 446 g/mol. The zero-order valence-corrected chi connectivity index (χ0v) is 19.0. The molecule has 0 bridgehead atoms. The third-order valence-corrected chi connectivity index (χ3v) is 6.43. The summed E-state index contributed by atoms with van der Waals surface area (Å²) < 4.78 is 19.9. The van der Waals surface area contributed by atoms with E-state index in [-0.39, 0.29) is 24.5 Å². The van der Waals surface area contributed by atoms with Gasteiger partial charge >= 0.3 is 18.1 Å². The number of fused-ring (bicyclic) bond motifs is 1. The summed E-state index contributed by atoms with van der Waals surface area (Å²) in [6.07, 6.45) is 3.20. The zero-order chi connectivity index (χ0) is 22.5. The van der Waals surface area contributed by atoms with E-state index in [4.69, 9.17) is 18.9 Å². The van der Waals surface area contributed by atoms with Crippen LogP contribution in [0.25, 0.3) is 0 Å². The highest BCUT2D eigenvalue weighted by Crippen LogP contribution is 2.51. The van der Waals surface area contributed by atoms with Crippen molar-refractivity contribution in [3.05, 3.63) is 0 Å². The Morgan fingerprint density at radius 3 is 2.47 bits per heavy atom. The topological polar surface area (TPSA) is 108 Å². The minimum absolute atomic E-state index is 0.0475. The highest BCUT2D eigenvalue weighted by molar-refractivity contribution is 8.01. The number of thioether (sulfide) groups is 1. The number of hydrogen-bond donors (Lipinski definition) is 0. The fourth-order valence-electron chi connectivity index (χ4n) is 3.43. The summed E-state index contributed by atoms with van der Waals surface area (Å²) in [6, 6.07) is -0.957. The first-order chi connectivity index (χ1) is 14.0. The number of ether oxygens (including phenoxy) is 4. The van der Waals surface area contributed by atoms with Crippen molar-refractivity contribution >= 4 is 35.8 Å². The number of rotatable bonds is 10. The standard InChI is InChI=1S/C20H31NO8S/c1-6-7-8-9-10-26-18(25)29-19(3,4)28-17(24)16-20(5,12-27-13(2)22)30-15-11-14(23)21(15)16/h15-16H,6-12H2,1-5H3/t15-,16+,20+/m1/s1. The van der Waals surface area contributed by atoms with Gasteiger partial charge in [0, 0.05) is 20.8 Å². The normalized spacial score (nSPS) is 25.2. The first-order valence-electron chi connectivity index (χ1n) is 10.2. The molecule has 0 spiro atoms. The molecule has 0 unspecified atom stereocenters. The summed E-state index contributed by atoms with van der Waals surface area (Å²) in [5.74, 6) is -2.97. The van der Waals surface area contributed by atoms with E-state index in [9.17, 15) is 19.2 Å². The van der Waals surface area contributed by atoms with E-state index in [0.29, 0.717) is 6.42 Å². The van der Waals surface area contributed by atoms with Crippen LogP contribution in [0.3, 0.4) is 0 Å². The quantitative estimate of drug-likeness (QED) is 0.165. The van der Waals surface area contributed by atoms with E-state index in [2.05, 4.69) is 6.92 Å². The van der Waals surface area contributed by atoms with Crippen molar-refractivity contribution in [2.45, 2.75) is 88.7 Å². The van der Waals surface area contributed by atoms with Crippen LogP contribution in [-0.4, -0.2) is 64.1 Å². The van der Waals surface area contributed by atoms with Gasteiger partial charge in [-0.15, -0.1) is 11.8 Å². The second kappa shape index (κ2) is 9.89. The maximum Gasteiger partial charge on any atom is 0.511 e. The summed E-state index contributed by atoms with van der Waals surface area (Å²) >= 11 is 1.40. The molecule has 0 aromatic carbocycles. The van der Waals surface area contributed by atoms with Gasteiger partial charge in [0.2, 0.25) is 5.91 Å². The molecule has 2 saturated heterocycles. The second-order valence-corrected chi connectivity index (χ2v) is 9.87. The van der Waals surface area contributed by atoms with Gasteiger partial charge in [0.15, 0.2) is 0 Å². The van der Waals surface area contributed by atoms with Gasteiger partial charge in [-0.2, -0.15) is 0 Å². The molecule has 3 atom stereocenters. The van der Waals surface area contributed by atoms with Gasteiger partial charge in [0.1, 0.15) is 12.6 Å². The Balaban J connectivity index is 1.96. The molecule has 2 aliphatic rings. The number of carbonyl (C=O) groups is 4. The molecule has 0 aromatic heterocycles. The Morgan fingerprint density at radius 2 is 1.87 bits per heavy atom. The van der Waals surface area contributed by atoms with Crippen LogP contribution in [0.2, 0.25) is 0 Å². The number of nitrogens with zero attached hydrogens (tertiary/aromatic N) is 1. The minimum atomic E-state index is -1.59. The predicted octanol–water partition coefficient (Wildman–Crippen LogP) is 2.99. The molecule has 10 heteroatoms. The minimum Gasteiger partial charge on any atom is -0.464 e. The maximum atomic E-state index is 13.0. The molecule has 0 radical (unpaired) electrons. The van der Waals surface area contributed by atoms with Gasteiger partial charge in [-0.25, -0.2) is 9.59 Å². The molecule has 2 heterocycles. The summed E-state index contributed by atoms with van der Waals surface area (Å²) in [7, 11) is 0. The first-order valence-corrected chi connectivity index (χ1v) is 11.1.